The van der Waals surface area contributed by atoms with E-state index in [-0.39, 0.29) is 11.7 Å². The van der Waals surface area contributed by atoms with Gasteiger partial charge in [-0.2, -0.15) is 0 Å². The van der Waals surface area contributed by atoms with Gasteiger partial charge in [0.25, 0.3) is 0 Å². The van der Waals surface area contributed by atoms with Crippen LogP contribution in [0.5, 0.6) is 0 Å². The van der Waals surface area contributed by atoms with Gasteiger partial charge >= 0.3 is 6.09 Å². The number of hydrogen-bond acceptors (Lipinski definition) is 4. The quantitative estimate of drug-likeness (QED) is 0.728. The number of rotatable bonds is 7. The first-order chi connectivity index (χ1) is 10.6. The van der Waals surface area contributed by atoms with Crippen molar-refractivity contribution in [2.24, 2.45) is 5.92 Å². The summed E-state index contributed by atoms with van der Waals surface area (Å²) in [7, 11) is 1.76. The van der Waals surface area contributed by atoms with Gasteiger partial charge in [-0.15, -0.1) is 0 Å². The second kappa shape index (κ2) is 8.88. The number of likely N-dealkylation sites (tertiary alicyclic amines) is 1. The SMILES string of the molecule is COC(C)(C)CCNCCC1CCCN(C(=O)OC(C)(C)C)C1. The van der Waals surface area contributed by atoms with Gasteiger partial charge in [0, 0.05) is 20.2 Å². The maximum atomic E-state index is 12.2. The third kappa shape index (κ3) is 8.56. The van der Waals surface area contributed by atoms with Crippen LogP contribution >= 0.6 is 0 Å². The molecule has 0 bridgehead atoms. The van der Waals surface area contributed by atoms with Crippen LogP contribution in [0.2, 0.25) is 0 Å². The molecular formula is C18H36N2O3. The summed E-state index contributed by atoms with van der Waals surface area (Å²) in [5.41, 5.74) is -0.481. The number of hydrogen-bond donors (Lipinski definition) is 1. The molecule has 5 heteroatoms. The maximum absolute atomic E-state index is 12.2. The molecule has 0 saturated carbocycles. The molecule has 0 aromatic rings. The molecule has 136 valence electrons. The molecule has 1 amide bonds. The zero-order valence-corrected chi connectivity index (χ0v) is 15.9. The number of nitrogens with zero attached hydrogens (tertiary/aromatic N) is 1. The van der Waals surface area contributed by atoms with Crippen molar-refractivity contribution in [3.05, 3.63) is 0 Å². The minimum Gasteiger partial charge on any atom is -0.444 e. The number of ether oxygens (including phenoxy) is 2. The normalized spacial score (nSPS) is 19.7. The number of amides is 1. The van der Waals surface area contributed by atoms with Crippen LogP contribution < -0.4 is 5.32 Å². The van der Waals surface area contributed by atoms with Crippen molar-refractivity contribution in [1.29, 1.82) is 0 Å². The van der Waals surface area contributed by atoms with Crippen molar-refractivity contribution < 1.29 is 14.3 Å². The standard InChI is InChI=1S/C18H36N2O3/c1-17(2,3)23-16(21)20-13-7-8-15(14-20)9-11-19-12-10-18(4,5)22-6/h15,19H,7-14H2,1-6H3. The van der Waals surface area contributed by atoms with E-state index in [0.717, 1.165) is 45.4 Å². The lowest BCUT2D eigenvalue weighted by molar-refractivity contribution is 0.0141. The molecule has 1 unspecified atom stereocenters. The fourth-order valence-electron chi connectivity index (χ4n) is 2.72. The van der Waals surface area contributed by atoms with E-state index < -0.39 is 5.60 Å². The van der Waals surface area contributed by atoms with Crippen molar-refractivity contribution in [1.82, 2.24) is 10.2 Å². The van der Waals surface area contributed by atoms with Crippen LogP contribution in [0.4, 0.5) is 4.79 Å². The van der Waals surface area contributed by atoms with Gasteiger partial charge in [0.15, 0.2) is 0 Å². The monoisotopic (exact) mass is 328 g/mol. The Labute approximate surface area is 142 Å². The summed E-state index contributed by atoms with van der Waals surface area (Å²) in [5, 5.41) is 3.49. The van der Waals surface area contributed by atoms with Crippen molar-refractivity contribution in [2.75, 3.05) is 33.3 Å². The van der Waals surface area contributed by atoms with Crippen molar-refractivity contribution in [3.8, 4) is 0 Å². The summed E-state index contributed by atoms with van der Waals surface area (Å²) in [6.07, 6.45) is 4.20. The van der Waals surface area contributed by atoms with Crippen LogP contribution in [0.25, 0.3) is 0 Å². The second-order valence-electron chi connectivity index (χ2n) is 8.19. The number of carbonyl (C=O) groups is 1. The van der Waals surface area contributed by atoms with Crippen molar-refractivity contribution >= 4 is 6.09 Å². The average molecular weight is 328 g/mol. The summed E-state index contributed by atoms with van der Waals surface area (Å²) in [6, 6.07) is 0. The second-order valence-corrected chi connectivity index (χ2v) is 8.19. The maximum Gasteiger partial charge on any atom is 0.410 e. The Morgan fingerprint density at radius 1 is 1.22 bits per heavy atom. The fourth-order valence-corrected chi connectivity index (χ4v) is 2.72. The molecule has 1 aliphatic rings. The largest absolute Gasteiger partial charge is 0.444 e. The van der Waals surface area contributed by atoms with E-state index in [1.807, 2.05) is 25.7 Å². The summed E-state index contributed by atoms with van der Waals surface area (Å²) in [4.78, 5) is 14.0. The van der Waals surface area contributed by atoms with E-state index in [1.165, 1.54) is 6.42 Å². The lowest BCUT2D eigenvalue weighted by Gasteiger charge is -2.34. The number of methoxy groups -OCH3 is 1. The third-order valence-electron chi connectivity index (χ3n) is 4.36. The molecular weight excluding hydrogens is 292 g/mol. The van der Waals surface area contributed by atoms with Crippen LogP contribution in [0.15, 0.2) is 0 Å². The van der Waals surface area contributed by atoms with Crippen molar-refractivity contribution in [3.63, 3.8) is 0 Å². The van der Waals surface area contributed by atoms with Crippen LogP contribution in [-0.2, 0) is 9.47 Å². The Hall–Kier alpha value is -0.810. The van der Waals surface area contributed by atoms with Gasteiger partial charge in [-0.05, 0) is 79.3 Å². The van der Waals surface area contributed by atoms with Gasteiger partial charge in [0.2, 0.25) is 0 Å². The minimum absolute atomic E-state index is 0.0641. The highest BCUT2D eigenvalue weighted by molar-refractivity contribution is 5.68. The van der Waals surface area contributed by atoms with Crippen LogP contribution in [0.1, 0.15) is 60.3 Å². The molecule has 1 aliphatic heterocycles. The summed E-state index contributed by atoms with van der Waals surface area (Å²) >= 11 is 0. The molecule has 1 fully saturated rings. The zero-order valence-electron chi connectivity index (χ0n) is 15.9. The Morgan fingerprint density at radius 3 is 2.52 bits per heavy atom. The molecule has 5 nitrogen and oxygen atoms in total. The van der Waals surface area contributed by atoms with E-state index in [2.05, 4.69) is 19.2 Å². The smallest absolute Gasteiger partial charge is 0.410 e. The molecule has 1 heterocycles. The number of nitrogens with one attached hydrogen (secondary N) is 1. The highest BCUT2D eigenvalue weighted by atomic mass is 16.6. The number of piperidine rings is 1. The first kappa shape index (κ1) is 20.2. The molecule has 0 spiro atoms. The molecule has 23 heavy (non-hydrogen) atoms. The molecule has 0 aliphatic carbocycles. The molecule has 0 radical (unpaired) electrons. The van der Waals surface area contributed by atoms with Crippen LogP contribution in [-0.4, -0.2) is 55.5 Å². The lowest BCUT2D eigenvalue weighted by atomic mass is 9.95. The van der Waals surface area contributed by atoms with Crippen molar-refractivity contribution in [2.45, 2.75) is 71.5 Å². The Bertz CT molecular complexity index is 364. The predicted octanol–water partition coefficient (Wildman–Crippen LogP) is 3.43. The fraction of sp³-hybridized carbons (Fsp3) is 0.944. The lowest BCUT2D eigenvalue weighted by Crippen LogP contribution is -2.43. The average Bonchev–Trinajstić information content (AvgIpc) is 2.45. The van der Waals surface area contributed by atoms with E-state index in [4.69, 9.17) is 9.47 Å². The highest BCUT2D eigenvalue weighted by Crippen LogP contribution is 2.21. The van der Waals surface area contributed by atoms with Gasteiger partial charge in [-0.1, -0.05) is 0 Å². The van der Waals surface area contributed by atoms with Gasteiger partial charge in [0.05, 0.1) is 5.60 Å². The molecule has 1 N–H and O–H groups in total. The molecule has 1 rings (SSSR count). The topological polar surface area (TPSA) is 50.8 Å². The summed E-state index contributed by atoms with van der Waals surface area (Å²) in [6.45, 7) is 13.5. The van der Waals surface area contributed by atoms with Gasteiger partial charge in [-0.3, -0.25) is 0 Å². The van der Waals surface area contributed by atoms with E-state index in [9.17, 15) is 4.79 Å². The number of carbonyl (C=O) groups excluding carboxylic acids is 1. The van der Waals surface area contributed by atoms with E-state index >= 15 is 0 Å². The zero-order chi connectivity index (χ0) is 17.5. The molecule has 1 atom stereocenters. The minimum atomic E-state index is -0.417. The first-order valence-corrected chi connectivity index (χ1v) is 8.87. The van der Waals surface area contributed by atoms with Crippen LogP contribution in [0, 0.1) is 5.92 Å². The van der Waals surface area contributed by atoms with Gasteiger partial charge in [-0.25, -0.2) is 4.79 Å². The molecule has 1 saturated heterocycles. The molecule has 0 aromatic carbocycles. The molecule has 0 aromatic heterocycles. The third-order valence-corrected chi connectivity index (χ3v) is 4.36. The van der Waals surface area contributed by atoms with Gasteiger partial charge in [0.1, 0.15) is 5.60 Å². The van der Waals surface area contributed by atoms with Crippen LogP contribution in [0.3, 0.4) is 0 Å². The first-order valence-electron chi connectivity index (χ1n) is 8.87. The Balaban J connectivity index is 2.24. The van der Waals surface area contributed by atoms with E-state index in [1.54, 1.807) is 7.11 Å². The summed E-state index contributed by atoms with van der Waals surface area (Å²) < 4.78 is 10.9. The van der Waals surface area contributed by atoms with Gasteiger partial charge < -0.3 is 19.7 Å². The Morgan fingerprint density at radius 2 is 1.91 bits per heavy atom. The Kier molecular flexibility index (Phi) is 7.81. The highest BCUT2D eigenvalue weighted by Gasteiger charge is 2.27. The predicted molar refractivity (Wildman–Crippen MR) is 93.7 cm³/mol. The van der Waals surface area contributed by atoms with E-state index in [0.29, 0.717) is 5.92 Å². The summed E-state index contributed by atoms with van der Waals surface area (Å²) in [5.74, 6) is 0.569.